The summed E-state index contributed by atoms with van der Waals surface area (Å²) in [6.45, 7) is 12.6. The zero-order valence-electron chi connectivity index (χ0n) is 71.7. The monoisotopic (exact) mass is 1640 g/mol. The highest BCUT2D eigenvalue weighted by atomic mass is 15.3. The minimum Gasteiger partial charge on any atom is -0.327 e. The lowest BCUT2D eigenvalue weighted by Gasteiger charge is -2.25. The van der Waals surface area contributed by atoms with Crippen LogP contribution < -0.4 is 19.6 Å². The van der Waals surface area contributed by atoms with Crippen molar-refractivity contribution in [3.8, 4) is 67.3 Å². The van der Waals surface area contributed by atoms with Gasteiger partial charge in [0, 0.05) is 97.6 Å². The van der Waals surface area contributed by atoms with Crippen LogP contribution in [0.5, 0.6) is 0 Å². The van der Waals surface area contributed by atoms with Crippen molar-refractivity contribution < 1.29 is 0 Å². The maximum absolute atomic E-state index is 2.49. The van der Waals surface area contributed by atoms with Crippen LogP contribution in [-0.4, -0.2) is 44.4 Å². The Balaban J connectivity index is 0.0000000926. The summed E-state index contributed by atoms with van der Waals surface area (Å²) in [5, 5.41) is 25.5. The highest BCUT2D eigenvalue weighted by Gasteiger charge is 2.33. The van der Waals surface area contributed by atoms with Crippen molar-refractivity contribution in [2.45, 2.75) is 27.7 Å². The van der Waals surface area contributed by atoms with Crippen LogP contribution in [0.3, 0.4) is 0 Å². The highest BCUT2D eigenvalue weighted by Crippen LogP contribution is 2.54. The number of nitrogens with zero attached hydrogens (tertiary/aromatic N) is 8. The molecular formula is C120H88N8. The van der Waals surface area contributed by atoms with Crippen LogP contribution in [0.1, 0.15) is 27.7 Å². The molecule has 0 saturated heterocycles. The van der Waals surface area contributed by atoms with Crippen molar-refractivity contribution in [1.82, 2.24) is 18.3 Å². The van der Waals surface area contributed by atoms with Crippen LogP contribution >= 0.6 is 0 Å². The molecule has 0 radical (unpaired) electrons. The molecule has 8 heteroatoms. The van der Waals surface area contributed by atoms with E-state index in [0.717, 1.165) is 26.2 Å². The molecule has 0 aliphatic carbocycles. The molecule has 8 heterocycles. The number of anilines is 8. The Hall–Kier alpha value is -16.2. The van der Waals surface area contributed by atoms with Crippen LogP contribution in [0.15, 0.2) is 413 Å². The smallest absolute Gasteiger partial charge is 0.118 e. The summed E-state index contributed by atoms with van der Waals surface area (Å²) < 4.78 is 9.82. The molecule has 608 valence electrons. The summed E-state index contributed by atoms with van der Waals surface area (Å²) >= 11 is 0. The number of rotatable bonds is 4. The Morgan fingerprint density at radius 2 is 0.430 bits per heavy atom. The van der Waals surface area contributed by atoms with E-state index >= 15 is 0 Å². The van der Waals surface area contributed by atoms with Crippen molar-refractivity contribution in [3.05, 3.63) is 413 Å². The molecule has 0 amide bonds. The molecule has 0 N–H and O–H groups in total. The minimum absolute atomic E-state index is 0.894. The molecule has 0 saturated carbocycles. The first kappa shape index (κ1) is 74.5. The Morgan fingerprint density at radius 1 is 0.156 bits per heavy atom. The third-order valence-corrected chi connectivity index (χ3v) is 27.4. The summed E-state index contributed by atoms with van der Waals surface area (Å²) in [7, 11) is 0. The summed E-state index contributed by atoms with van der Waals surface area (Å²) in [6.07, 6.45) is 0. The molecule has 0 spiro atoms. The number of hydrogen-bond donors (Lipinski definition) is 0. The number of aromatic nitrogens is 4. The summed E-state index contributed by atoms with van der Waals surface area (Å²) in [5.41, 5.74) is 25.3. The molecule has 24 aromatic rings. The topological polar surface area (TPSA) is 32.7 Å². The van der Waals surface area contributed by atoms with E-state index < -0.39 is 0 Å². The van der Waals surface area contributed by atoms with Gasteiger partial charge >= 0.3 is 0 Å². The molecule has 4 aliphatic heterocycles. The molecular weight excluding hydrogens is 1550 g/mol. The van der Waals surface area contributed by atoms with E-state index in [-0.39, 0.29) is 0 Å². The second kappa shape index (κ2) is 29.8. The quantitative estimate of drug-likeness (QED) is 0.176. The molecule has 20 aromatic carbocycles. The Morgan fingerprint density at radius 3 is 0.859 bits per heavy atom. The van der Waals surface area contributed by atoms with Gasteiger partial charge in [-0.2, -0.15) is 0 Å². The Bertz CT molecular complexity index is 8600. The van der Waals surface area contributed by atoms with E-state index in [1.165, 1.54) is 243 Å². The third kappa shape index (κ3) is 11.7. The lowest BCUT2D eigenvalue weighted by molar-refractivity contribution is 0.969. The molecule has 0 unspecified atom stereocenters. The van der Waals surface area contributed by atoms with E-state index in [2.05, 4.69) is 478 Å². The van der Waals surface area contributed by atoms with Crippen LogP contribution in [0, 0.1) is 0 Å². The zero-order valence-corrected chi connectivity index (χ0v) is 71.7. The highest BCUT2D eigenvalue weighted by molar-refractivity contribution is 6.14. The van der Waals surface area contributed by atoms with Gasteiger partial charge in [-0.15, -0.1) is 0 Å². The molecule has 0 bridgehead atoms. The van der Waals surface area contributed by atoms with Gasteiger partial charge in [0.1, 0.15) is 23.3 Å². The predicted octanol–water partition coefficient (Wildman–Crippen LogP) is 32.3. The average molecular weight is 1640 g/mol. The van der Waals surface area contributed by atoms with Gasteiger partial charge in [-0.3, -0.25) is 18.3 Å². The van der Waals surface area contributed by atoms with Crippen molar-refractivity contribution in [2.75, 3.05) is 45.8 Å². The van der Waals surface area contributed by atoms with E-state index in [4.69, 9.17) is 0 Å². The lowest BCUT2D eigenvalue weighted by atomic mass is 9.94. The first-order valence-corrected chi connectivity index (χ1v) is 45.1. The summed E-state index contributed by atoms with van der Waals surface area (Å²) in [4.78, 5) is 9.87. The Kier molecular flexibility index (Phi) is 17.3. The molecule has 0 atom stereocenters. The van der Waals surface area contributed by atoms with Gasteiger partial charge in [-0.1, -0.05) is 285 Å². The molecule has 4 aliphatic rings. The second-order valence-corrected chi connectivity index (χ2v) is 34.2. The first-order valence-electron chi connectivity index (χ1n) is 45.1. The van der Waals surface area contributed by atoms with Crippen LogP contribution in [0.4, 0.5) is 46.0 Å². The van der Waals surface area contributed by atoms with Crippen LogP contribution in [-0.2, 0) is 0 Å². The number of fused-ring (bicyclic) bond motifs is 38. The van der Waals surface area contributed by atoms with Gasteiger partial charge < -0.3 is 19.6 Å². The van der Waals surface area contributed by atoms with Gasteiger partial charge in [0.2, 0.25) is 0 Å². The normalized spacial score (nSPS) is 12.6. The number of benzene rings is 20. The standard InChI is InChI=1S/4C30H22N2/c1-2-31-29-18-23-12-6-4-10-21(23)16-26(29)25-13-7-8-14-27(25)32-28-17-22-11-5-3-9-20(22)15-24(28)19-30(31)32;1-2-31-27-14-8-7-13-25(27)26-16-21-10-4-6-12-23(21)18-29(26)32-28-17-22-11-5-3-9-20(22)15-24(28)19-30(31)32;1-2-31-29-19-23-17-21-10-3-4-11-22(21)18-28(23)32(29)27-14-8-7-13-25(27)26-16-15-20-9-5-6-12-24(20)30(26)31;1-2-31-27-16-15-20-9-5-6-12-24(20)30(27)25-13-7-8-14-26(25)32-28-18-22-11-4-3-10-21(22)17-23(28)19-29(31)32/h4*3-19H,2H2,1H3. The van der Waals surface area contributed by atoms with Gasteiger partial charge in [-0.25, -0.2) is 0 Å². The van der Waals surface area contributed by atoms with Gasteiger partial charge in [0.25, 0.3) is 0 Å². The minimum atomic E-state index is 0.894. The van der Waals surface area contributed by atoms with E-state index in [1.54, 1.807) is 0 Å². The molecule has 8 nitrogen and oxygen atoms in total. The zero-order chi connectivity index (χ0) is 84.9. The fourth-order valence-corrected chi connectivity index (χ4v) is 21.6. The predicted molar refractivity (Wildman–Crippen MR) is 546 cm³/mol. The van der Waals surface area contributed by atoms with Crippen molar-refractivity contribution in [2.24, 2.45) is 0 Å². The van der Waals surface area contributed by atoms with E-state index in [1.807, 2.05) is 0 Å². The molecule has 4 aromatic heterocycles. The largest absolute Gasteiger partial charge is 0.327 e. The summed E-state index contributed by atoms with van der Waals surface area (Å²) in [5.74, 6) is 4.89. The fourth-order valence-electron chi connectivity index (χ4n) is 21.6. The SMILES string of the molecule is CCN1c2c(ccc3ccccc23)-c2ccccc2-n2c1cc1cc3ccccc3cc12.CCN1c2cc3ccccc3cc2-c2ccccc2-n2c1cc1cc3ccccc3cc12.CCN1c2ccc3ccccc3c2-c2ccccc2-n2c1cc1cc3ccccc3cc12.CCN1c2ccccc2-c2cc3ccccc3cc2-n2c1cc1cc3ccccc3cc12. The van der Waals surface area contributed by atoms with Crippen molar-refractivity contribution >= 4 is 176 Å². The fraction of sp³-hybridized carbons (Fsp3) is 0.0667. The van der Waals surface area contributed by atoms with E-state index in [0.29, 0.717) is 0 Å². The Labute approximate surface area is 742 Å². The average Bonchev–Trinajstić information content (AvgIpc) is 1.58. The maximum Gasteiger partial charge on any atom is 0.118 e. The van der Waals surface area contributed by atoms with Gasteiger partial charge in [0.15, 0.2) is 0 Å². The second-order valence-electron chi connectivity index (χ2n) is 34.2. The number of hydrogen-bond acceptors (Lipinski definition) is 4. The van der Waals surface area contributed by atoms with E-state index in [9.17, 15) is 0 Å². The van der Waals surface area contributed by atoms with Gasteiger partial charge in [0.05, 0.1) is 67.6 Å². The maximum atomic E-state index is 2.49. The molecule has 0 fully saturated rings. The third-order valence-electron chi connectivity index (χ3n) is 27.4. The first-order chi connectivity index (χ1) is 63.3. The number of para-hydroxylation sites is 4. The lowest BCUT2D eigenvalue weighted by Crippen LogP contribution is -2.18. The summed E-state index contributed by atoms with van der Waals surface area (Å²) in [6, 6.07) is 151. The molecule has 28 rings (SSSR count). The van der Waals surface area contributed by atoms with Gasteiger partial charge in [-0.05, 0) is 236 Å². The molecule has 128 heavy (non-hydrogen) atoms. The van der Waals surface area contributed by atoms with Crippen molar-refractivity contribution in [1.29, 1.82) is 0 Å². The van der Waals surface area contributed by atoms with Crippen LogP contribution in [0.25, 0.3) is 197 Å². The van der Waals surface area contributed by atoms with Crippen molar-refractivity contribution in [3.63, 3.8) is 0 Å². The van der Waals surface area contributed by atoms with Crippen LogP contribution in [0.2, 0.25) is 0 Å².